The highest BCUT2D eigenvalue weighted by atomic mass is 32.1. The highest BCUT2D eigenvalue weighted by Crippen LogP contribution is 2.26. The molecule has 2 unspecified atom stereocenters. The Labute approximate surface area is 96.4 Å². The summed E-state index contributed by atoms with van der Waals surface area (Å²) in [5.74, 6) is 0.445. The number of aryl methyl sites for hydroxylation is 1. The van der Waals surface area contributed by atoms with Crippen molar-refractivity contribution in [3.05, 3.63) is 21.9 Å². The summed E-state index contributed by atoms with van der Waals surface area (Å²) in [5.41, 5.74) is 7.42. The third-order valence-corrected chi connectivity index (χ3v) is 3.39. The third-order valence-electron chi connectivity index (χ3n) is 2.51. The van der Waals surface area contributed by atoms with Gasteiger partial charge in [-0.05, 0) is 36.8 Å². The molecule has 86 valence electrons. The van der Waals surface area contributed by atoms with Crippen molar-refractivity contribution >= 4 is 11.3 Å². The summed E-state index contributed by atoms with van der Waals surface area (Å²) in [6.07, 6.45) is 0.115. The van der Waals surface area contributed by atoms with Crippen molar-refractivity contribution in [2.75, 3.05) is 6.61 Å². The van der Waals surface area contributed by atoms with Crippen LogP contribution in [0.15, 0.2) is 11.4 Å². The van der Waals surface area contributed by atoms with Gasteiger partial charge in [0.25, 0.3) is 0 Å². The standard InChI is InChI=1S/C12H21NOS/c1-5-14-12(8(2)3)11(13)10-6-9(4)15-7-10/h6-8,11-12H,5,13H2,1-4H3. The van der Waals surface area contributed by atoms with Gasteiger partial charge >= 0.3 is 0 Å². The van der Waals surface area contributed by atoms with E-state index in [-0.39, 0.29) is 12.1 Å². The van der Waals surface area contributed by atoms with Crippen LogP contribution in [0.3, 0.4) is 0 Å². The van der Waals surface area contributed by atoms with E-state index >= 15 is 0 Å². The molecule has 0 saturated heterocycles. The lowest BCUT2D eigenvalue weighted by Gasteiger charge is -2.26. The molecule has 1 aromatic rings. The second kappa shape index (κ2) is 5.64. The SMILES string of the molecule is CCOC(C(C)C)C(N)c1csc(C)c1. The molecule has 0 aliphatic carbocycles. The number of thiophene rings is 1. The van der Waals surface area contributed by atoms with Crippen molar-refractivity contribution in [2.45, 2.75) is 39.8 Å². The van der Waals surface area contributed by atoms with E-state index < -0.39 is 0 Å². The smallest absolute Gasteiger partial charge is 0.0790 e. The summed E-state index contributed by atoms with van der Waals surface area (Å²) in [7, 11) is 0. The van der Waals surface area contributed by atoms with Crippen molar-refractivity contribution in [3.63, 3.8) is 0 Å². The zero-order valence-corrected chi connectivity index (χ0v) is 10.8. The van der Waals surface area contributed by atoms with E-state index in [1.165, 1.54) is 10.4 Å². The lowest BCUT2D eigenvalue weighted by atomic mass is 9.96. The van der Waals surface area contributed by atoms with Crippen LogP contribution >= 0.6 is 11.3 Å². The number of nitrogens with two attached hydrogens (primary N) is 1. The fourth-order valence-corrected chi connectivity index (χ4v) is 2.48. The molecule has 2 N–H and O–H groups in total. The van der Waals surface area contributed by atoms with E-state index in [1.807, 2.05) is 6.92 Å². The quantitative estimate of drug-likeness (QED) is 0.839. The van der Waals surface area contributed by atoms with Gasteiger partial charge in [-0.3, -0.25) is 0 Å². The van der Waals surface area contributed by atoms with Crippen molar-refractivity contribution in [1.29, 1.82) is 0 Å². The number of ether oxygens (including phenoxy) is 1. The summed E-state index contributed by atoms with van der Waals surface area (Å²) in [6.45, 7) is 9.14. The van der Waals surface area contributed by atoms with Crippen molar-refractivity contribution in [1.82, 2.24) is 0 Å². The second-order valence-electron chi connectivity index (χ2n) is 4.18. The van der Waals surface area contributed by atoms with Crippen LogP contribution < -0.4 is 5.73 Å². The fraction of sp³-hybridized carbons (Fsp3) is 0.667. The van der Waals surface area contributed by atoms with Crippen LogP contribution in [0.4, 0.5) is 0 Å². The molecule has 2 atom stereocenters. The molecule has 1 heterocycles. The van der Waals surface area contributed by atoms with Crippen LogP contribution in [-0.2, 0) is 4.74 Å². The minimum atomic E-state index is -0.00472. The van der Waals surface area contributed by atoms with E-state index in [4.69, 9.17) is 10.5 Å². The molecule has 1 aromatic heterocycles. The van der Waals surface area contributed by atoms with Crippen LogP contribution in [-0.4, -0.2) is 12.7 Å². The molecule has 0 saturated carbocycles. The molecule has 0 bridgehead atoms. The molecule has 0 radical (unpaired) electrons. The summed E-state index contributed by atoms with van der Waals surface area (Å²) < 4.78 is 5.71. The first-order valence-corrected chi connectivity index (χ1v) is 6.36. The van der Waals surface area contributed by atoms with Crippen LogP contribution in [0.2, 0.25) is 0 Å². The predicted molar refractivity (Wildman–Crippen MR) is 66.2 cm³/mol. The summed E-state index contributed by atoms with van der Waals surface area (Å²) in [4.78, 5) is 1.31. The largest absolute Gasteiger partial charge is 0.376 e. The Balaban J connectivity index is 2.75. The summed E-state index contributed by atoms with van der Waals surface area (Å²) in [5, 5.41) is 2.13. The third kappa shape index (κ3) is 3.30. The average Bonchev–Trinajstić information content (AvgIpc) is 2.59. The maximum atomic E-state index is 6.22. The van der Waals surface area contributed by atoms with Gasteiger partial charge in [0.1, 0.15) is 0 Å². The zero-order chi connectivity index (χ0) is 11.4. The van der Waals surface area contributed by atoms with E-state index in [9.17, 15) is 0 Å². The number of rotatable bonds is 5. The first-order valence-electron chi connectivity index (χ1n) is 5.48. The van der Waals surface area contributed by atoms with Crippen molar-refractivity contribution < 1.29 is 4.74 Å². The maximum Gasteiger partial charge on any atom is 0.0790 e. The normalized spacial score (nSPS) is 15.6. The Morgan fingerprint density at radius 2 is 2.13 bits per heavy atom. The second-order valence-corrected chi connectivity index (χ2v) is 5.30. The lowest BCUT2D eigenvalue weighted by molar-refractivity contribution is 0.0122. The Morgan fingerprint density at radius 1 is 1.47 bits per heavy atom. The molecule has 15 heavy (non-hydrogen) atoms. The molecule has 3 heteroatoms. The van der Waals surface area contributed by atoms with Gasteiger partial charge in [-0.25, -0.2) is 0 Å². The predicted octanol–water partition coefficient (Wildman–Crippen LogP) is 3.12. The molecule has 0 amide bonds. The Morgan fingerprint density at radius 3 is 2.53 bits per heavy atom. The summed E-state index contributed by atoms with van der Waals surface area (Å²) in [6, 6.07) is 2.15. The molecule has 0 fully saturated rings. The summed E-state index contributed by atoms with van der Waals surface area (Å²) >= 11 is 1.74. The van der Waals surface area contributed by atoms with Crippen LogP contribution in [0.1, 0.15) is 37.3 Å². The Hall–Kier alpha value is -0.380. The van der Waals surface area contributed by atoms with Gasteiger partial charge in [0, 0.05) is 11.5 Å². The van der Waals surface area contributed by atoms with Gasteiger partial charge in [-0.1, -0.05) is 13.8 Å². The molecule has 0 aliphatic rings. The van der Waals surface area contributed by atoms with Gasteiger partial charge in [0.2, 0.25) is 0 Å². The number of hydrogen-bond acceptors (Lipinski definition) is 3. The van der Waals surface area contributed by atoms with Crippen LogP contribution in [0.25, 0.3) is 0 Å². The fourth-order valence-electron chi connectivity index (χ4n) is 1.73. The van der Waals surface area contributed by atoms with E-state index in [1.54, 1.807) is 11.3 Å². The van der Waals surface area contributed by atoms with Gasteiger partial charge in [0.05, 0.1) is 12.1 Å². The van der Waals surface area contributed by atoms with Crippen molar-refractivity contribution in [2.24, 2.45) is 11.7 Å². The topological polar surface area (TPSA) is 35.2 Å². The average molecular weight is 227 g/mol. The minimum absolute atomic E-state index is 0.00472. The maximum absolute atomic E-state index is 6.22. The first-order chi connectivity index (χ1) is 7.06. The monoisotopic (exact) mass is 227 g/mol. The minimum Gasteiger partial charge on any atom is -0.376 e. The van der Waals surface area contributed by atoms with Crippen LogP contribution in [0, 0.1) is 12.8 Å². The van der Waals surface area contributed by atoms with Crippen LogP contribution in [0.5, 0.6) is 0 Å². The molecular weight excluding hydrogens is 206 g/mol. The highest BCUT2D eigenvalue weighted by molar-refractivity contribution is 7.10. The van der Waals surface area contributed by atoms with Crippen molar-refractivity contribution in [3.8, 4) is 0 Å². The number of hydrogen-bond donors (Lipinski definition) is 1. The Bertz CT molecular complexity index is 296. The van der Waals surface area contributed by atoms with Gasteiger partial charge in [0.15, 0.2) is 0 Å². The Kier molecular flexibility index (Phi) is 4.77. The molecule has 2 nitrogen and oxygen atoms in total. The first kappa shape index (κ1) is 12.7. The van der Waals surface area contributed by atoms with E-state index in [0.717, 1.165) is 6.61 Å². The highest BCUT2D eigenvalue weighted by Gasteiger charge is 2.23. The lowest BCUT2D eigenvalue weighted by Crippen LogP contribution is -2.33. The molecule has 0 aliphatic heterocycles. The van der Waals surface area contributed by atoms with Gasteiger partial charge in [-0.2, -0.15) is 0 Å². The van der Waals surface area contributed by atoms with E-state index in [0.29, 0.717) is 5.92 Å². The zero-order valence-electron chi connectivity index (χ0n) is 9.99. The molecule has 0 aromatic carbocycles. The molecular formula is C12H21NOS. The molecule has 0 spiro atoms. The molecule has 1 rings (SSSR count). The van der Waals surface area contributed by atoms with E-state index in [2.05, 4.69) is 32.2 Å². The van der Waals surface area contributed by atoms with Gasteiger partial charge in [-0.15, -0.1) is 11.3 Å². The van der Waals surface area contributed by atoms with Gasteiger partial charge < -0.3 is 10.5 Å².